The summed E-state index contributed by atoms with van der Waals surface area (Å²) in [6.07, 6.45) is 1.23. The minimum absolute atomic E-state index is 0.0602. The third kappa shape index (κ3) is 3.75. The van der Waals surface area contributed by atoms with Gasteiger partial charge in [0.15, 0.2) is 0 Å². The van der Waals surface area contributed by atoms with E-state index in [9.17, 15) is 9.59 Å². The van der Waals surface area contributed by atoms with E-state index >= 15 is 0 Å². The summed E-state index contributed by atoms with van der Waals surface area (Å²) in [4.78, 5) is 26.0. The maximum Gasteiger partial charge on any atom is 0.339 e. The monoisotopic (exact) mass is 267 g/mol. The molecule has 0 aliphatic carbocycles. The molecular formula is C12H10ClNO4. The molecule has 0 aromatic carbocycles. The molecule has 0 saturated heterocycles. The number of carbonyl (C=O) groups excluding carboxylic acids is 2. The SMILES string of the molecule is COC(=O)CC#Cc1cc(C(=O)OC)cnc1Cl. The van der Waals surface area contributed by atoms with Crippen LogP contribution < -0.4 is 0 Å². The third-order valence-corrected chi connectivity index (χ3v) is 2.24. The number of carbonyl (C=O) groups is 2. The molecule has 18 heavy (non-hydrogen) atoms. The number of hydrogen-bond acceptors (Lipinski definition) is 5. The van der Waals surface area contributed by atoms with E-state index in [1.54, 1.807) is 0 Å². The van der Waals surface area contributed by atoms with Crippen molar-refractivity contribution in [3.05, 3.63) is 28.5 Å². The fraction of sp³-hybridized carbons (Fsp3) is 0.250. The summed E-state index contributed by atoms with van der Waals surface area (Å²) in [5.41, 5.74) is 0.590. The quantitative estimate of drug-likeness (QED) is 0.461. The summed E-state index contributed by atoms with van der Waals surface area (Å²) in [5, 5.41) is 0.153. The second-order valence-corrected chi connectivity index (χ2v) is 3.47. The van der Waals surface area contributed by atoms with Crippen molar-refractivity contribution in [2.75, 3.05) is 14.2 Å². The van der Waals surface area contributed by atoms with E-state index in [2.05, 4.69) is 26.3 Å². The van der Waals surface area contributed by atoms with E-state index in [1.165, 1.54) is 26.5 Å². The molecule has 1 aromatic rings. The highest BCUT2D eigenvalue weighted by atomic mass is 35.5. The maximum atomic E-state index is 11.3. The number of aromatic nitrogens is 1. The van der Waals surface area contributed by atoms with Crippen LogP contribution in [0.3, 0.4) is 0 Å². The Kier molecular flexibility index (Phi) is 5.15. The summed E-state index contributed by atoms with van der Waals surface area (Å²) in [5.74, 6) is 4.24. The molecule has 1 rings (SSSR count). The summed E-state index contributed by atoms with van der Waals surface area (Å²) < 4.78 is 8.98. The summed E-state index contributed by atoms with van der Waals surface area (Å²) >= 11 is 5.81. The van der Waals surface area contributed by atoms with Crippen LogP contribution in [0.25, 0.3) is 0 Å². The molecule has 0 atom stereocenters. The van der Waals surface area contributed by atoms with Crippen LogP contribution in [0.1, 0.15) is 22.3 Å². The van der Waals surface area contributed by atoms with Gasteiger partial charge in [0, 0.05) is 6.20 Å². The average Bonchev–Trinajstić information content (AvgIpc) is 2.39. The van der Waals surface area contributed by atoms with Crippen LogP contribution in [0.5, 0.6) is 0 Å². The molecule has 5 nitrogen and oxygen atoms in total. The van der Waals surface area contributed by atoms with Gasteiger partial charge in [0.1, 0.15) is 11.6 Å². The summed E-state index contributed by atoms with van der Waals surface area (Å²) in [6.45, 7) is 0. The molecule has 0 aliphatic rings. The van der Waals surface area contributed by atoms with Gasteiger partial charge in [0.05, 0.1) is 25.3 Å². The van der Waals surface area contributed by atoms with Gasteiger partial charge in [-0.15, -0.1) is 0 Å². The van der Waals surface area contributed by atoms with Gasteiger partial charge in [0.2, 0.25) is 0 Å². The van der Waals surface area contributed by atoms with E-state index in [0.717, 1.165) is 0 Å². The number of pyridine rings is 1. The number of ether oxygens (including phenoxy) is 2. The summed E-state index contributed by atoms with van der Waals surface area (Å²) in [6, 6.07) is 1.45. The van der Waals surface area contributed by atoms with E-state index in [1.807, 2.05) is 0 Å². The molecule has 0 spiro atoms. The molecule has 1 aromatic heterocycles. The lowest BCUT2D eigenvalue weighted by molar-refractivity contribution is -0.139. The van der Waals surface area contributed by atoms with E-state index < -0.39 is 11.9 Å². The average molecular weight is 268 g/mol. The smallest absolute Gasteiger partial charge is 0.339 e. The van der Waals surface area contributed by atoms with Crippen molar-refractivity contribution in [2.24, 2.45) is 0 Å². The fourth-order valence-electron chi connectivity index (χ4n) is 1.05. The Morgan fingerprint density at radius 1 is 1.39 bits per heavy atom. The lowest BCUT2D eigenvalue weighted by atomic mass is 10.2. The number of methoxy groups -OCH3 is 2. The van der Waals surface area contributed by atoms with Gasteiger partial charge >= 0.3 is 11.9 Å². The Hall–Kier alpha value is -2.06. The summed E-state index contributed by atoms with van der Waals surface area (Å²) in [7, 11) is 2.54. The molecule has 0 bridgehead atoms. The van der Waals surface area contributed by atoms with Crippen molar-refractivity contribution in [3.63, 3.8) is 0 Å². The van der Waals surface area contributed by atoms with Crippen LogP contribution in [0.2, 0.25) is 5.15 Å². The first-order chi connectivity index (χ1) is 8.58. The van der Waals surface area contributed by atoms with Crippen molar-refractivity contribution in [1.82, 2.24) is 4.98 Å². The molecular weight excluding hydrogens is 258 g/mol. The Morgan fingerprint density at radius 3 is 2.72 bits per heavy atom. The third-order valence-electron chi connectivity index (χ3n) is 1.94. The topological polar surface area (TPSA) is 65.5 Å². The van der Waals surface area contributed by atoms with Gasteiger partial charge in [-0.25, -0.2) is 9.78 Å². The van der Waals surface area contributed by atoms with Crippen molar-refractivity contribution >= 4 is 23.5 Å². The highest BCUT2D eigenvalue weighted by molar-refractivity contribution is 6.30. The van der Waals surface area contributed by atoms with Crippen LogP contribution in [-0.2, 0) is 14.3 Å². The van der Waals surface area contributed by atoms with Crippen LogP contribution in [0.15, 0.2) is 12.3 Å². The number of rotatable bonds is 2. The molecule has 0 aliphatic heterocycles. The van der Waals surface area contributed by atoms with Crippen LogP contribution in [0.4, 0.5) is 0 Å². The van der Waals surface area contributed by atoms with Gasteiger partial charge in [-0.05, 0) is 6.07 Å². The molecule has 0 fully saturated rings. The van der Waals surface area contributed by atoms with Crippen LogP contribution >= 0.6 is 11.6 Å². The van der Waals surface area contributed by atoms with Gasteiger partial charge < -0.3 is 9.47 Å². The zero-order valence-corrected chi connectivity index (χ0v) is 10.6. The predicted octanol–water partition coefficient (Wildman–Crippen LogP) is 1.44. The standard InChI is InChI=1S/C12H10ClNO4/c1-17-10(15)5-3-4-8-6-9(12(16)18-2)7-14-11(8)13/h6-7H,5H2,1-2H3. The molecule has 0 N–H and O–H groups in total. The minimum atomic E-state index is -0.532. The first-order valence-corrected chi connectivity index (χ1v) is 5.25. The number of halogens is 1. The maximum absolute atomic E-state index is 11.3. The van der Waals surface area contributed by atoms with Crippen LogP contribution in [-0.4, -0.2) is 31.1 Å². The molecule has 0 unspecified atom stereocenters. The van der Waals surface area contributed by atoms with Gasteiger partial charge in [-0.2, -0.15) is 0 Å². The lowest BCUT2D eigenvalue weighted by Crippen LogP contribution is -2.02. The van der Waals surface area contributed by atoms with Gasteiger partial charge in [-0.1, -0.05) is 23.4 Å². The highest BCUT2D eigenvalue weighted by Gasteiger charge is 2.08. The van der Waals surface area contributed by atoms with Crippen molar-refractivity contribution in [1.29, 1.82) is 0 Å². The first-order valence-electron chi connectivity index (χ1n) is 4.88. The predicted molar refractivity (Wildman–Crippen MR) is 64.1 cm³/mol. The Balaban J connectivity index is 2.94. The second-order valence-electron chi connectivity index (χ2n) is 3.11. The Bertz CT molecular complexity index is 531. The van der Waals surface area contributed by atoms with E-state index in [4.69, 9.17) is 11.6 Å². The molecule has 0 saturated carbocycles. The number of hydrogen-bond donors (Lipinski definition) is 0. The Morgan fingerprint density at radius 2 is 2.11 bits per heavy atom. The zero-order valence-electron chi connectivity index (χ0n) is 9.82. The van der Waals surface area contributed by atoms with E-state index in [-0.39, 0.29) is 17.1 Å². The van der Waals surface area contributed by atoms with Crippen molar-refractivity contribution in [3.8, 4) is 11.8 Å². The normalized spacial score (nSPS) is 9.06. The van der Waals surface area contributed by atoms with Gasteiger partial charge in [-0.3, -0.25) is 4.79 Å². The van der Waals surface area contributed by atoms with Crippen LogP contribution in [0, 0.1) is 11.8 Å². The fourth-order valence-corrected chi connectivity index (χ4v) is 1.20. The van der Waals surface area contributed by atoms with E-state index in [0.29, 0.717) is 5.56 Å². The zero-order chi connectivity index (χ0) is 13.5. The van der Waals surface area contributed by atoms with Gasteiger partial charge in [0.25, 0.3) is 0 Å². The molecule has 94 valence electrons. The first kappa shape index (κ1) is 14.0. The van der Waals surface area contributed by atoms with Crippen molar-refractivity contribution < 1.29 is 19.1 Å². The molecule has 6 heteroatoms. The molecule has 1 heterocycles. The number of nitrogens with zero attached hydrogens (tertiary/aromatic N) is 1. The number of esters is 2. The second kappa shape index (κ2) is 6.62. The molecule has 0 radical (unpaired) electrons. The van der Waals surface area contributed by atoms with Crippen molar-refractivity contribution in [2.45, 2.75) is 6.42 Å². The highest BCUT2D eigenvalue weighted by Crippen LogP contribution is 2.13. The largest absolute Gasteiger partial charge is 0.468 e. The minimum Gasteiger partial charge on any atom is -0.468 e. The lowest BCUT2D eigenvalue weighted by Gasteiger charge is -2.00. The molecule has 0 amide bonds. The Labute approximate surface area is 109 Å².